The van der Waals surface area contributed by atoms with E-state index in [0.29, 0.717) is 12.5 Å². The summed E-state index contributed by atoms with van der Waals surface area (Å²) in [4.78, 5) is 11.6. The highest BCUT2D eigenvalue weighted by molar-refractivity contribution is 5.76. The summed E-state index contributed by atoms with van der Waals surface area (Å²) in [6.07, 6.45) is 0.722. The average Bonchev–Trinajstić information content (AvgIpc) is 2.89. The van der Waals surface area contributed by atoms with E-state index in [1.807, 2.05) is 6.92 Å². The first kappa shape index (κ1) is 14.0. The van der Waals surface area contributed by atoms with Crippen molar-refractivity contribution in [3.63, 3.8) is 0 Å². The fourth-order valence-electron chi connectivity index (χ4n) is 2.29. The zero-order chi connectivity index (χ0) is 13.8. The molecule has 2 N–H and O–H groups in total. The van der Waals surface area contributed by atoms with Crippen LogP contribution in [0.3, 0.4) is 0 Å². The number of esters is 1. The standard InChI is InChI=1S/C15H22N2O2/c1-4-19-15(18)14-9-13(16-17-14)12-7-5-11(6-8-12)10(2)3/h5-8,10,13-14,16-17H,4,9H2,1-3H3. The van der Waals surface area contributed by atoms with E-state index in [1.54, 1.807) is 0 Å². The third kappa shape index (κ3) is 3.33. The van der Waals surface area contributed by atoms with Gasteiger partial charge in [-0.3, -0.25) is 4.79 Å². The number of hydrogen-bond acceptors (Lipinski definition) is 4. The maximum Gasteiger partial charge on any atom is 0.324 e. The monoisotopic (exact) mass is 262 g/mol. The Labute approximate surface area is 114 Å². The van der Waals surface area contributed by atoms with Crippen LogP contribution in [0.2, 0.25) is 0 Å². The lowest BCUT2D eigenvalue weighted by Gasteiger charge is -2.12. The predicted octanol–water partition coefficient (Wildman–Crippen LogP) is 2.28. The van der Waals surface area contributed by atoms with E-state index in [-0.39, 0.29) is 18.1 Å². The summed E-state index contributed by atoms with van der Waals surface area (Å²) in [7, 11) is 0. The Morgan fingerprint density at radius 1 is 1.32 bits per heavy atom. The quantitative estimate of drug-likeness (QED) is 0.817. The normalized spacial score (nSPS) is 22.7. The van der Waals surface area contributed by atoms with Crippen LogP contribution in [0.25, 0.3) is 0 Å². The third-order valence-electron chi connectivity index (χ3n) is 3.48. The summed E-state index contributed by atoms with van der Waals surface area (Å²) in [5.41, 5.74) is 8.69. The molecule has 0 bridgehead atoms. The Balaban J connectivity index is 1.98. The van der Waals surface area contributed by atoms with E-state index in [1.165, 1.54) is 11.1 Å². The van der Waals surface area contributed by atoms with Crippen molar-refractivity contribution in [1.29, 1.82) is 0 Å². The molecule has 0 aromatic heterocycles. The summed E-state index contributed by atoms with van der Waals surface area (Å²) >= 11 is 0. The van der Waals surface area contributed by atoms with E-state index >= 15 is 0 Å². The Kier molecular flexibility index (Phi) is 4.56. The molecule has 4 nitrogen and oxygen atoms in total. The Morgan fingerprint density at radius 2 is 2.00 bits per heavy atom. The SMILES string of the molecule is CCOC(=O)C1CC(c2ccc(C(C)C)cc2)NN1. The summed E-state index contributed by atoms with van der Waals surface area (Å²) < 4.78 is 5.02. The van der Waals surface area contributed by atoms with E-state index in [4.69, 9.17) is 4.74 Å². The van der Waals surface area contributed by atoms with Gasteiger partial charge in [-0.25, -0.2) is 10.9 Å². The molecule has 1 fully saturated rings. The molecule has 1 heterocycles. The lowest BCUT2D eigenvalue weighted by molar-refractivity contribution is -0.145. The number of hydrazine groups is 1. The van der Waals surface area contributed by atoms with Crippen molar-refractivity contribution in [3.05, 3.63) is 35.4 Å². The van der Waals surface area contributed by atoms with Crippen molar-refractivity contribution in [2.75, 3.05) is 6.61 Å². The highest BCUT2D eigenvalue weighted by atomic mass is 16.5. The number of carbonyl (C=O) groups excluding carboxylic acids is 1. The van der Waals surface area contributed by atoms with E-state index in [9.17, 15) is 4.79 Å². The van der Waals surface area contributed by atoms with Gasteiger partial charge in [0.05, 0.1) is 6.61 Å². The number of benzene rings is 1. The van der Waals surface area contributed by atoms with Crippen molar-refractivity contribution >= 4 is 5.97 Å². The highest BCUT2D eigenvalue weighted by Gasteiger charge is 2.30. The summed E-state index contributed by atoms with van der Waals surface area (Å²) in [6.45, 7) is 6.61. The minimum absolute atomic E-state index is 0.163. The van der Waals surface area contributed by atoms with Crippen molar-refractivity contribution in [1.82, 2.24) is 10.9 Å². The number of carbonyl (C=O) groups is 1. The summed E-state index contributed by atoms with van der Waals surface area (Å²) in [5.74, 6) is 0.354. The molecule has 104 valence electrons. The zero-order valence-electron chi connectivity index (χ0n) is 11.8. The molecule has 0 spiro atoms. The van der Waals surface area contributed by atoms with Crippen molar-refractivity contribution < 1.29 is 9.53 Å². The smallest absolute Gasteiger partial charge is 0.324 e. The number of hydrogen-bond donors (Lipinski definition) is 2. The van der Waals surface area contributed by atoms with Crippen LogP contribution in [0.5, 0.6) is 0 Å². The number of ether oxygens (including phenoxy) is 1. The van der Waals surface area contributed by atoms with Gasteiger partial charge in [-0.1, -0.05) is 38.1 Å². The van der Waals surface area contributed by atoms with Gasteiger partial charge in [0.25, 0.3) is 0 Å². The van der Waals surface area contributed by atoms with Gasteiger partial charge >= 0.3 is 5.97 Å². The molecule has 1 saturated heterocycles. The maximum absolute atomic E-state index is 11.6. The van der Waals surface area contributed by atoms with Gasteiger partial charge in [0, 0.05) is 6.04 Å². The molecule has 2 unspecified atom stereocenters. The highest BCUT2D eigenvalue weighted by Crippen LogP contribution is 2.24. The Morgan fingerprint density at radius 3 is 2.58 bits per heavy atom. The molecule has 0 amide bonds. The van der Waals surface area contributed by atoms with Gasteiger partial charge in [0.2, 0.25) is 0 Å². The summed E-state index contributed by atoms with van der Waals surface area (Å²) in [5, 5.41) is 0. The van der Waals surface area contributed by atoms with Crippen molar-refractivity contribution in [3.8, 4) is 0 Å². The van der Waals surface area contributed by atoms with Crippen LogP contribution in [0.1, 0.15) is 50.3 Å². The van der Waals surface area contributed by atoms with Gasteiger partial charge in [0.15, 0.2) is 0 Å². The van der Waals surface area contributed by atoms with Crippen LogP contribution in [0.4, 0.5) is 0 Å². The first-order chi connectivity index (χ1) is 9.11. The van der Waals surface area contributed by atoms with Crippen molar-refractivity contribution in [2.24, 2.45) is 0 Å². The molecule has 0 aliphatic carbocycles. The molecule has 1 aromatic carbocycles. The van der Waals surface area contributed by atoms with Gasteiger partial charge in [-0.15, -0.1) is 0 Å². The third-order valence-corrected chi connectivity index (χ3v) is 3.48. The second-order valence-corrected chi connectivity index (χ2v) is 5.20. The average molecular weight is 262 g/mol. The molecule has 2 atom stereocenters. The maximum atomic E-state index is 11.6. The van der Waals surface area contributed by atoms with Crippen molar-refractivity contribution in [2.45, 2.75) is 45.2 Å². The topological polar surface area (TPSA) is 50.4 Å². The fraction of sp³-hybridized carbons (Fsp3) is 0.533. The lowest BCUT2D eigenvalue weighted by Crippen LogP contribution is -2.37. The molecule has 19 heavy (non-hydrogen) atoms. The van der Waals surface area contributed by atoms with Crippen LogP contribution in [-0.4, -0.2) is 18.6 Å². The second kappa shape index (κ2) is 6.17. The Bertz CT molecular complexity index is 428. The minimum atomic E-state index is -0.255. The molecular formula is C15H22N2O2. The van der Waals surface area contributed by atoms with E-state index in [2.05, 4.69) is 49.0 Å². The van der Waals surface area contributed by atoms with Crippen LogP contribution in [0, 0.1) is 0 Å². The lowest BCUT2D eigenvalue weighted by atomic mass is 9.97. The molecule has 1 aliphatic rings. The van der Waals surface area contributed by atoms with Gasteiger partial charge < -0.3 is 4.74 Å². The molecule has 4 heteroatoms. The van der Waals surface area contributed by atoms with Gasteiger partial charge in [0.1, 0.15) is 6.04 Å². The number of nitrogens with one attached hydrogen (secondary N) is 2. The summed E-state index contributed by atoms with van der Waals surface area (Å²) in [6, 6.07) is 8.47. The number of rotatable bonds is 4. The van der Waals surface area contributed by atoms with Gasteiger partial charge in [-0.05, 0) is 30.4 Å². The second-order valence-electron chi connectivity index (χ2n) is 5.20. The molecule has 1 aromatic rings. The first-order valence-corrected chi connectivity index (χ1v) is 6.89. The predicted molar refractivity (Wildman–Crippen MR) is 74.6 cm³/mol. The molecular weight excluding hydrogens is 240 g/mol. The van der Waals surface area contributed by atoms with Crippen LogP contribution < -0.4 is 10.9 Å². The van der Waals surface area contributed by atoms with Gasteiger partial charge in [-0.2, -0.15) is 0 Å². The Hall–Kier alpha value is -1.39. The van der Waals surface area contributed by atoms with Crippen LogP contribution in [-0.2, 0) is 9.53 Å². The fourth-order valence-corrected chi connectivity index (χ4v) is 2.29. The van der Waals surface area contributed by atoms with Crippen LogP contribution >= 0.6 is 0 Å². The first-order valence-electron chi connectivity index (χ1n) is 6.89. The zero-order valence-corrected chi connectivity index (χ0v) is 11.8. The van der Waals surface area contributed by atoms with E-state index < -0.39 is 0 Å². The minimum Gasteiger partial charge on any atom is -0.465 e. The molecule has 1 aliphatic heterocycles. The van der Waals surface area contributed by atoms with E-state index in [0.717, 1.165) is 6.42 Å². The molecule has 0 radical (unpaired) electrons. The molecule has 0 saturated carbocycles. The molecule has 2 rings (SSSR count). The van der Waals surface area contributed by atoms with Crippen LogP contribution in [0.15, 0.2) is 24.3 Å². The largest absolute Gasteiger partial charge is 0.465 e.